The maximum absolute atomic E-state index is 12.4. The molecular weight excluding hydrogens is 342 g/mol. The third-order valence-corrected chi connectivity index (χ3v) is 4.72. The summed E-state index contributed by atoms with van der Waals surface area (Å²) < 4.78 is 5.33. The van der Waals surface area contributed by atoms with Crippen molar-refractivity contribution in [3.63, 3.8) is 0 Å². The normalized spacial score (nSPS) is 14.7. The molecule has 3 rings (SSSR count). The van der Waals surface area contributed by atoms with Crippen molar-refractivity contribution in [1.82, 2.24) is 20.2 Å². The molecule has 7 heteroatoms. The topological polar surface area (TPSA) is 70.6 Å². The van der Waals surface area contributed by atoms with Crippen molar-refractivity contribution in [1.29, 1.82) is 0 Å². The first-order valence-electron chi connectivity index (χ1n) is 9.37. The third kappa shape index (κ3) is 6.01. The highest BCUT2D eigenvalue weighted by Crippen LogP contribution is 2.14. The highest BCUT2D eigenvalue weighted by atomic mass is 16.5. The highest BCUT2D eigenvalue weighted by Gasteiger charge is 2.12. The van der Waals surface area contributed by atoms with Crippen LogP contribution in [0.3, 0.4) is 0 Å². The minimum atomic E-state index is -0.132. The lowest BCUT2D eigenvalue weighted by atomic mass is 10.2. The van der Waals surface area contributed by atoms with Gasteiger partial charge in [-0.2, -0.15) is 0 Å². The molecule has 0 saturated carbocycles. The van der Waals surface area contributed by atoms with Gasteiger partial charge in [-0.3, -0.25) is 19.7 Å². The van der Waals surface area contributed by atoms with E-state index in [1.165, 1.54) is 5.56 Å². The number of carbonyl (C=O) groups is 1. The van der Waals surface area contributed by atoms with E-state index in [1.807, 2.05) is 31.3 Å². The van der Waals surface area contributed by atoms with E-state index in [-0.39, 0.29) is 5.91 Å². The van der Waals surface area contributed by atoms with Gasteiger partial charge in [0.2, 0.25) is 0 Å². The van der Waals surface area contributed by atoms with E-state index < -0.39 is 0 Å². The highest BCUT2D eigenvalue weighted by molar-refractivity contribution is 5.93. The van der Waals surface area contributed by atoms with Crippen molar-refractivity contribution in [2.45, 2.75) is 6.42 Å². The Kier molecular flexibility index (Phi) is 7.12. The number of likely N-dealkylation sites (N-methyl/N-ethyl adjacent to an activating group) is 1. The van der Waals surface area contributed by atoms with E-state index in [0.29, 0.717) is 12.2 Å². The summed E-state index contributed by atoms with van der Waals surface area (Å²) in [7, 11) is 2.02. The van der Waals surface area contributed by atoms with Crippen molar-refractivity contribution in [3.05, 3.63) is 54.1 Å². The largest absolute Gasteiger partial charge is 0.379 e. The molecule has 1 aliphatic rings. The summed E-state index contributed by atoms with van der Waals surface area (Å²) in [6.07, 6.45) is 6.22. The van der Waals surface area contributed by atoms with Crippen LogP contribution < -0.4 is 10.2 Å². The summed E-state index contributed by atoms with van der Waals surface area (Å²) in [5, 5.41) is 2.96. The number of rotatable bonds is 8. The van der Waals surface area contributed by atoms with Gasteiger partial charge in [-0.25, -0.2) is 0 Å². The summed E-state index contributed by atoms with van der Waals surface area (Å²) in [6, 6.07) is 7.81. The zero-order valence-corrected chi connectivity index (χ0v) is 15.8. The van der Waals surface area contributed by atoms with Gasteiger partial charge >= 0.3 is 0 Å². The summed E-state index contributed by atoms with van der Waals surface area (Å²) in [5.74, 6) is -0.132. The summed E-state index contributed by atoms with van der Waals surface area (Å²) in [6.45, 7) is 5.68. The average Bonchev–Trinajstić information content (AvgIpc) is 2.73. The number of amides is 1. The molecule has 1 aliphatic heterocycles. The van der Waals surface area contributed by atoms with Gasteiger partial charge in [0, 0.05) is 64.0 Å². The molecule has 0 atom stereocenters. The number of nitrogens with one attached hydrogen (secondary N) is 1. The Balaban J connectivity index is 1.48. The number of hydrogen-bond acceptors (Lipinski definition) is 6. The maximum atomic E-state index is 12.4. The Morgan fingerprint density at radius 1 is 1.22 bits per heavy atom. The zero-order chi connectivity index (χ0) is 18.9. The van der Waals surface area contributed by atoms with E-state index in [1.54, 1.807) is 18.6 Å². The molecular formula is C20H27N5O2. The molecule has 27 heavy (non-hydrogen) atoms. The molecule has 0 aromatic carbocycles. The molecule has 3 heterocycles. The summed E-state index contributed by atoms with van der Waals surface area (Å²) in [4.78, 5) is 25.1. The minimum absolute atomic E-state index is 0.132. The number of aromatic nitrogens is 2. The van der Waals surface area contributed by atoms with Crippen molar-refractivity contribution >= 4 is 11.6 Å². The Morgan fingerprint density at radius 3 is 2.78 bits per heavy atom. The first kappa shape index (κ1) is 19.3. The number of carbonyl (C=O) groups excluding carboxylic acids is 1. The molecule has 0 spiro atoms. The number of pyridine rings is 2. The van der Waals surface area contributed by atoms with Crippen LogP contribution in [0.15, 0.2) is 42.9 Å². The fourth-order valence-electron chi connectivity index (χ4n) is 3.00. The second-order valence-corrected chi connectivity index (χ2v) is 6.64. The molecule has 1 amide bonds. The second-order valence-electron chi connectivity index (χ2n) is 6.64. The van der Waals surface area contributed by atoms with Gasteiger partial charge in [0.15, 0.2) is 0 Å². The van der Waals surface area contributed by atoms with Crippen molar-refractivity contribution in [2.24, 2.45) is 0 Å². The quantitative estimate of drug-likeness (QED) is 0.754. The maximum Gasteiger partial charge on any atom is 0.269 e. The Morgan fingerprint density at radius 2 is 2.00 bits per heavy atom. The van der Waals surface area contributed by atoms with Crippen LogP contribution in [0.25, 0.3) is 0 Å². The average molecular weight is 369 g/mol. The Labute approximate surface area is 160 Å². The molecule has 144 valence electrons. The predicted octanol–water partition coefficient (Wildman–Crippen LogP) is 1.22. The lowest BCUT2D eigenvalue weighted by Gasteiger charge is -2.26. The van der Waals surface area contributed by atoms with Gasteiger partial charge in [0.05, 0.1) is 13.2 Å². The smallest absolute Gasteiger partial charge is 0.269 e. The van der Waals surface area contributed by atoms with Crippen LogP contribution in [0.1, 0.15) is 16.1 Å². The van der Waals surface area contributed by atoms with Crippen LogP contribution in [0.5, 0.6) is 0 Å². The SMILES string of the molecule is CN(CCc1ccncc1)c1ccnc(C(=O)NCCN2CCOCC2)c1. The molecule has 1 saturated heterocycles. The van der Waals surface area contributed by atoms with E-state index in [4.69, 9.17) is 4.74 Å². The second kappa shape index (κ2) is 9.99. The summed E-state index contributed by atoms with van der Waals surface area (Å²) in [5.41, 5.74) is 2.68. The lowest BCUT2D eigenvalue weighted by Crippen LogP contribution is -2.41. The van der Waals surface area contributed by atoms with Crippen molar-refractivity contribution < 1.29 is 9.53 Å². The van der Waals surface area contributed by atoms with Gasteiger partial charge in [-0.15, -0.1) is 0 Å². The number of ether oxygens (including phenoxy) is 1. The molecule has 1 N–H and O–H groups in total. The summed E-state index contributed by atoms with van der Waals surface area (Å²) >= 11 is 0. The predicted molar refractivity (Wildman–Crippen MR) is 105 cm³/mol. The molecule has 7 nitrogen and oxygen atoms in total. The molecule has 1 fully saturated rings. The lowest BCUT2D eigenvalue weighted by molar-refractivity contribution is 0.0383. The Hall–Kier alpha value is -2.51. The zero-order valence-electron chi connectivity index (χ0n) is 15.8. The van der Waals surface area contributed by atoms with Gasteiger partial charge < -0.3 is 15.0 Å². The van der Waals surface area contributed by atoms with Crippen LogP contribution in [0, 0.1) is 0 Å². The molecule has 2 aromatic rings. The van der Waals surface area contributed by atoms with Crippen LogP contribution >= 0.6 is 0 Å². The molecule has 0 radical (unpaired) electrons. The number of anilines is 1. The monoisotopic (exact) mass is 369 g/mol. The van der Waals surface area contributed by atoms with Crippen molar-refractivity contribution in [2.75, 3.05) is 57.9 Å². The fourth-order valence-corrected chi connectivity index (χ4v) is 3.00. The minimum Gasteiger partial charge on any atom is -0.379 e. The molecule has 0 bridgehead atoms. The van der Waals surface area contributed by atoms with Gasteiger partial charge in [0.25, 0.3) is 5.91 Å². The molecule has 2 aromatic heterocycles. The number of hydrogen-bond donors (Lipinski definition) is 1. The van der Waals surface area contributed by atoms with Crippen LogP contribution in [-0.2, 0) is 11.2 Å². The van der Waals surface area contributed by atoms with Crippen LogP contribution in [0.2, 0.25) is 0 Å². The van der Waals surface area contributed by atoms with Gasteiger partial charge in [0.1, 0.15) is 5.69 Å². The van der Waals surface area contributed by atoms with Gasteiger partial charge in [-0.1, -0.05) is 0 Å². The van der Waals surface area contributed by atoms with E-state index in [9.17, 15) is 4.79 Å². The fraction of sp³-hybridized carbons (Fsp3) is 0.450. The van der Waals surface area contributed by atoms with Crippen molar-refractivity contribution in [3.8, 4) is 0 Å². The molecule has 0 unspecified atom stereocenters. The van der Waals surface area contributed by atoms with Crippen LogP contribution in [0.4, 0.5) is 5.69 Å². The van der Waals surface area contributed by atoms with E-state index >= 15 is 0 Å². The van der Waals surface area contributed by atoms with E-state index in [0.717, 1.165) is 51.5 Å². The van der Waals surface area contributed by atoms with Gasteiger partial charge in [-0.05, 0) is 36.2 Å². The number of nitrogens with zero attached hydrogens (tertiary/aromatic N) is 4. The third-order valence-electron chi connectivity index (χ3n) is 4.72. The first-order chi connectivity index (χ1) is 13.2. The number of morpholine rings is 1. The Bertz CT molecular complexity index is 719. The van der Waals surface area contributed by atoms with Crippen LogP contribution in [-0.4, -0.2) is 73.8 Å². The van der Waals surface area contributed by atoms with E-state index in [2.05, 4.69) is 25.1 Å². The molecule has 0 aliphatic carbocycles. The standard InChI is InChI=1S/C20H27N5O2/c1-24(10-5-17-2-6-21-7-3-17)18-4-8-22-19(16-18)20(26)23-9-11-25-12-14-27-15-13-25/h2-4,6-8,16H,5,9-15H2,1H3,(H,23,26). The first-order valence-corrected chi connectivity index (χ1v) is 9.37.